The average Bonchev–Trinajstić information content (AvgIpc) is 2.25. The average molecular weight is 240 g/mol. The van der Waals surface area contributed by atoms with Crippen molar-refractivity contribution in [1.29, 1.82) is 0 Å². The lowest BCUT2D eigenvalue weighted by atomic mass is 9.90. The molecular weight excluding hydrogens is 220 g/mol. The molecule has 0 saturated heterocycles. The van der Waals surface area contributed by atoms with Crippen LogP contribution in [0.1, 0.15) is 27.2 Å². The van der Waals surface area contributed by atoms with Gasteiger partial charge in [-0.3, -0.25) is 4.79 Å². The van der Waals surface area contributed by atoms with Crippen LogP contribution in [0.15, 0.2) is 0 Å². The van der Waals surface area contributed by atoms with Crippen molar-refractivity contribution >= 4 is 12.0 Å². The number of aliphatic carboxylic acids is 1. The van der Waals surface area contributed by atoms with Gasteiger partial charge in [-0.15, -0.1) is 6.42 Å². The number of nitrogens with one attached hydrogen (secondary N) is 1. The van der Waals surface area contributed by atoms with Crippen molar-refractivity contribution in [3.05, 3.63) is 0 Å². The fourth-order valence-corrected chi connectivity index (χ4v) is 1.02. The summed E-state index contributed by atoms with van der Waals surface area (Å²) in [6, 6.07) is -0.438. The van der Waals surface area contributed by atoms with Gasteiger partial charge in [-0.1, -0.05) is 26.7 Å². The maximum atomic E-state index is 11.7. The van der Waals surface area contributed by atoms with Gasteiger partial charge in [-0.25, -0.2) is 4.79 Å². The first kappa shape index (κ1) is 15.3. The Bertz CT molecular complexity index is 318. The zero-order valence-corrected chi connectivity index (χ0v) is 10.6. The van der Waals surface area contributed by atoms with Crippen LogP contribution in [-0.4, -0.2) is 41.6 Å². The quantitative estimate of drug-likeness (QED) is 0.684. The number of carbonyl (C=O) groups is 2. The largest absolute Gasteiger partial charge is 0.480 e. The highest BCUT2D eigenvalue weighted by Crippen LogP contribution is 2.17. The minimum Gasteiger partial charge on any atom is -0.480 e. The van der Waals surface area contributed by atoms with Gasteiger partial charge in [-0.05, 0) is 11.8 Å². The number of hydrogen-bond donors (Lipinski definition) is 2. The second-order valence-electron chi connectivity index (χ2n) is 4.63. The van der Waals surface area contributed by atoms with Gasteiger partial charge < -0.3 is 15.3 Å². The summed E-state index contributed by atoms with van der Waals surface area (Å²) in [6.07, 6.45) is 6.00. The molecule has 0 aromatic rings. The Labute approximate surface area is 102 Å². The third-order valence-electron chi connectivity index (χ3n) is 2.57. The summed E-state index contributed by atoms with van der Waals surface area (Å²) in [5.41, 5.74) is -0.0132. The third kappa shape index (κ3) is 6.46. The maximum absolute atomic E-state index is 11.7. The molecule has 0 aromatic heterocycles. The standard InChI is InChI=1S/C12H20N2O3/c1-5-7-14(8-10(15)16)11(17)13-9-12(3,4)6-2/h1H,6-9H2,2-4H3,(H,13,17)(H,15,16). The highest BCUT2D eigenvalue weighted by Gasteiger charge is 2.20. The molecule has 0 aliphatic carbocycles. The van der Waals surface area contributed by atoms with Crippen molar-refractivity contribution in [2.45, 2.75) is 27.2 Å². The van der Waals surface area contributed by atoms with Crippen LogP contribution in [0.2, 0.25) is 0 Å². The van der Waals surface area contributed by atoms with Crippen molar-refractivity contribution in [3.63, 3.8) is 0 Å². The van der Waals surface area contributed by atoms with Gasteiger partial charge in [-0.2, -0.15) is 0 Å². The van der Waals surface area contributed by atoms with E-state index in [-0.39, 0.29) is 18.5 Å². The normalized spacial score (nSPS) is 10.5. The Hall–Kier alpha value is -1.70. The predicted octanol–water partition coefficient (Wildman–Crippen LogP) is 1.15. The summed E-state index contributed by atoms with van der Waals surface area (Å²) in [7, 11) is 0. The molecule has 5 nitrogen and oxygen atoms in total. The summed E-state index contributed by atoms with van der Waals surface area (Å²) >= 11 is 0. The SMILES string of the molecule is C#CCN(CC(=O)O)C(=O)NCC(C)(C)CC. The van der Waals surface area contributed by atoms with Gasteiger partial charge in [0.2, 0.25) is 0 Å². The van der Waals surface area contributed by atoms with E-state index in [4.69, 9.17) is 11.5 Å². The first-order valence-electron chi connectivity index (χ1n) is 5.50. The smallest absolute Gasteiger partial charge is 0.323 e. The van der Waals surface area contributed by atoms with E-state index in [9.17, 15) is 9.59 Å². The molecule has 2 amide bonds. The summed E-state index contributed by atoms with van der Waals surface area (Å²) in [4.78, 5) is 23.3. The number of carbonyl (C=O) groups excluding carboxylic acids is 1. The van der Waals surface area contributed by atoms with Crippen LogP contribution < -0.4 is 5.32 Å². The van der Waals surface area contributed by atoms with Crippen molar-refractivity contribution in [2.75, 3.05) is 19.6 Å². The molecule has 0 atom stereocenters. The molecule has 0 fully saturated rings. The van der Waals surface area contributed by atoms with Gasteiger partial charge in [0.15, 0.2) is 0 Å². The fraction of sp³-hybridized carbons (Fsp3) is 0.667. The molecule has 0 heterocycles. The Balaban J connectivity index is 4.34. The molecule has 0 rings (SSSR count). The molecule has 17 heavy (non-hydrogen) atoms. The molecule has 0 radical (unpaired) electrons. The minimum absolute atomic E-state index is 0.00924. The molecule has 96 valence electrons. The van der Waals surface area contributed by atoms with E-state index in [0.29, 0.717) is 6.54 Å². The van der Waals surface area contributed by atoms with E-state index in [2.05, 4.69) is 11.2 Å². The molecular formula is C12H20N2O3. The van der Waals surface area contributed by atoms with Crippen LogP contribution in [0.5, 0.6) is 0 Å². The van der Waals surface area contributed by atoms with Crippen LogP contribution in [0, 0.1) is 17.8 Å². The lowest BCUT2D eigenvalue weighted by molar-refractivity contribution is -0.137. The monoisotopic (exact) mass is 240 g/mol. The Morgan fingerprint density at radius 1 is 1.47 bits per heavy atom. The number of carboxylic acids is 1. The topological polar surface area (TPSA) is 69.6 Å². The molecule has 0 aliphatic rings. The molecule has 0 bridgehead atoms. The van der Waals surface area contributed by atoms with E-state index in [0.717, 1.165) is 11.3 Å². The summed E-state index contributed by atoms with van der Waals surface area (Å²) in [5.74, 6) is 1.19. The number of amides is 2. The molecule has 5 heteroatoms. The second kappa shape index (κ2) is 6.79. The molecule has 0 aliphatic heterocycles. The van der Waals surface area contributed by atoms with E-state index < -0.39 is 12.0 Å². The number of urea groups is 1. The highest BCUT2D eigenvalue weighted by molar-refractivity contribution is 5.80. The van der Waals surface area contributed by atoms with Crippen molar-refractivity contribution in [1.82, 2.24) is 10.2 Å². The van der Waals surface area contributed by atoms with E-state index in [1.165, 1.54) is 0 Å². The van der Waals surface area contributed by atoms with Crippen LogP contribution in [0.3, 0.4) is 0 Å². The van der Waals surface area contributed by atoms with Crippen LogP contribution in [-0.2, 0) is 4.79 Å². The fourth-order valence-electron chi connectivity index (χ4n) is 1.02. The Morgan fingerprint density at radius 2 is 2.06 bits per heavy atom. The number of carboxylic acid groups (broad SMARTS) is 1. The van der Waals surface area contributed by atoms with Crippen LogP contribution in [0.25, 0.3) is 0 Å². The third-order valence-corrected chi connectivity index (χ3v) is 2.57. The van der Waals surface area contributed by atoms with Crippen LogP contribution in [0.4, 0.5) is 4.79 Å². The molecule has 0 spiro atoms. The lowest BCUT2D eigenvalue weighted by Crippen LogP contribution is -2.45. The van der Waals surface area contributed by atoms with Gasteiger partial charge in [0.05, 0.1) is 6.54 Å². The van der Waals surface area contributed by atoms with E-state index in [1.54, 1.807) is 0 Å². The summed E-state index contributed by atoms with van der Waals surface area (Å²) in [5, 5.41) is 11.3. The first-order valence-corrected chi connectivity index (χ1v) is 5.50. The molecule has 0 unspecified atom stereocenters. The maximum Gasteiger partial charge on any atom is 0.323 e. The van der Waals surface area contributed by atoms with E-state index >= 15 is 0 Å². The van der Waals surface area contributed by atoms with E-state index in [1.807, 2.05) is 20.8 Å². The zero-order chi connectivity index (χ0) is 13.5. The zero-order valence-electron chi connectivity index (χ0n) is 10.6. The molecule has 0 aromatic carbocycles. The molecule has 2 N–H and O–H groups in total. The number of hydrogen-bond acceptors (Lipinski definition) is 2. The van der Waals surface area contributed by atoms with Crippen molar-refractivity contribution in [2.24, 2.45) is 5.41 Å². The van der Waals surface area contributed by atoms with Gasteiger partial charge in [0.1, 0.15) is 6.54 Å². The number of rotatable bonds is 6. The summed E-state index contributed by atoms with van der Waals surface area (Å²) in [6.45, 7) is 6.17. The lowest BCUT2D eigenvalue weighted by Gasteiger charge is -2.25. The molecule has 0 saturated carbocycles. The Morgan fingerprint density at radius 3 is 2.47 bits per heavy atom. The Kier molecular flexibility index (Phi) is 6.11. The van der Waals surface area contributed by atoms with Crippen molar-refractivity contribution in [3.8, 4) is 12.3 Å². The van der Waals surface area contributed by atoms with Crippen LogP contribution >= 0.6 is 0 Å². The summed E-state index contributed by atoms with van der Waals surface area (Å²) < 4.78 is 0. The number of terminal acetylenes is 1. The highest BCUT2D eigenvalue weighted by atomic mass is 16.4. The first-order chi connectivity index (χ1) is 7.82. The van der Waals surface area contributed by atoms with Crippen molar-refractivity contribution < 1.29 is 14.7 Å². The van der Waals surface area contributed by atoms with Gasteiger partial charge >= 0.3 is 12.0 Å². The predicted molar refractivity (Wildman–Crippen MR) is 65.5 cm³/mol. The minimum atomic E-state index is -1.08. The second-order valence-corrected chi connectivity index (χ2v) is 4.63. The number of nitrogens with zero attached hydrogens (tertiary/aromatic N) is 1. The van der Waals surface area contributed by atoms with Gasteiger partial charge in [0, 0.05) is 6.54 Å². The van der Waals surface area contributed by atoms with Gasteiger partial charge in [0.25, 0.3) is 0 Å².